The zero-order valence-electron chi connectivity index (χ0n) is 18.8. The number of benzene rings is 3. The summed E-state index contributed by atoms with van der Waals surface area (Å²) in [5.74, 6) is 0. The van der Waals surface area contributed by atoms with Gasteiger partial charge in [-0.2, -0.15) is 0 Å². The summed E-state index contributed by atoms with van der Waals surface area (Å²) in [4.78, 5) is 37.9. The van der Waals surface area contributed by atoms with Crippen LogP contribution in [0.1, 0.15) is 16.7 Å². The first-order chi connectivity index (χ1) is 17.3. The fourth-order valence-electron chi connectivity index (χ4n) is 2.88. The van der Waals surface area contributed by atoms with Gasteiger partial charge in [0.25, 0.3) is 0 Å². The molecule has 0 saturated carbocycles. The molecule has 0 N–H and O–H groups in total. The topological polar surface area (TPSA) is 85.4 Å². The van der Waals surface area contributed by atoms with Gasteiger partial charge in [-0.15, -0.1) is 23.2 Å². The van der Waals surface area contributed by atoms with Crippen LogP contribution >= 0.6 is 0 Å². The molecule has 0 aliphatic rings. The Morgan fingerprint density at radius 3 is 1.17 bits per heavy atom. The molecule has 36 heavy (non-hydrogen) atoms. The fourth-order valence-corrected chi connectivity index (χ4v) is 2.88. The van der Waals surface area contributed by atoms with Gasteiger partial charge in [-0.05, 0) is 16.7 Å². The van der Waals surface area contributed by atoms with Crippen molar-refractivity contribution in [3.63, 3.8) is 0 Å². The van der Waals surface area contributed by atoms with Crippen LogP contribution < -0.4 is 0 Å². The van der Waals surface area contributed by atoms with E-state index < -0.39 is 54.4 Å². The number of carbonyl (C=O) groups excluding carboxylic acids is 3. The Labute approximate surface area is 204 Å². The molecule has 188 valence electrons. The third-order valence-corrected chi connectivity index (χ3v) is 4.57. The second kappa shape index (κ2) is 12.2. The van der Waals surface area contributed by atoms with E-state index in [1.54, 1.807) is 78.9 Å². The molecule has 11 heteroatoms. The van der Waals surface area contributed by atoms with Gasteiger partial charge in [0.1, 0.15) is 19.8 Å². The molecule has 0 heterocycles. The highest BCUT2D eigenvalue weighted by atomic mass is 19.4. The lowest BCUT2D eigenvalue weighted by atomic mass is 10.2. The average Bonchev–Trinajstić information content (AvgIpc) is 2.88. The van der Waals surface area contributed by atoms with Crippen molar-refractivity contribution in [2.75, 3.05) is 0 Å². The number of carbonyl (C=O) groups is 3. The van der Waals surface area contributed by atoms with E-state index in [9.17, 15) is 27.6 Å². The summed E-state index contributed by atoms with van der Waals surface area (Å²) in [6.45, 7) is -1.47. The number of alkyl halides is 3. The van der Waals surface area contributed by atoms with E-state index in [1.165, 1.54) is 12.1 Å². The Kier molecular flexibility index (Phi) is 8.87. The smallest absolute Gasteiger partial charge is 0.443 e. The van der Waals surface area contributed by atoms with Gasteiger partial charge >= 0.3 is 24.6 Å². The van der Waals surface area contributed by atoms with Crippen LogP contribution in [0, 0.1) is 0 Å². The number of hydrogen-bond donors (Lipinski definition) is 0. The van der Waals surface area contributed by atoms with Crippen molar-refractivity contribution in [3.05, 3.63) is 108 Å². The van der Waals surface area contributed by atoms with Crippen molar-refractivity contribution in [1.29, 1.82) is 0 Å². The van der Waals surface area contributed by atoms with Crippen LogP contribution in [0.25, 0.3) is 0 Å². The highest BCUT2D eigenvalue weighted by Gasteiger charge is 2.52. The second-order valence-corrected chi connectivity index (χ2v) is 7.21. The van der Waals surface area contributed by atoms with Gasteiger partial charge in [-0.1, -0.05) is 91.0 Å². The van der Waals surface area contributed by atoms with E-state index in [0.29, 0.717) is 16.7 Å². The van der Waals surface area contributed by atoms with Gasteiger partial charge in [0.2, 0.25) is 0 Å². The SMILES string of the molecule is O=C(OCc1ccccc1)N(C(=O)OCc1ccccc1)N(C(=O)OCc1ccccc1)C(F)(F)F. The number of amides is 3. The van der Waals surface area contributed by atoms with Crippen LogP contribution in [0.4, 0.5) is 27.6 Å². The number of imide groups is 1. The first kappa shape index (κ1) is 26.1. The fraction of sp³-hybridized carbons (Fsp3) is 0.160. The summed E-state index contributed by atoms with van der Waals surface area (Å²) >= 11 is 0. The first-order valence-electron chi connectivity index (χ1n) is 10.5. The Morgan fingerprint density at radius 2 is 0.861 bits per heavy atom. The van der Waals surface area contributed by atoms with Crippen LogP contribution in [-0.4, -0.2) is 34.6 Å². The molecule has 8 nitrogen and oxygen atoms in total. The highest BCUT2D eigenvalue weighted by molar-refractivity contribution is 5.90. The first-order valence-corrected chi connectivity index (χ1v) is 10.5. The molecule has 3 aromatic carbocycles. The third-order valence-electron chi connectivity index (χ3n) is 4.57. The van der Waals surface area contributed by atoms with E-state index in [0.717, 1.165) is 0 Å². The highest BCUT2D eigenvalue weighted by Crippen LogP contribution is 2.27. The molecule has 0 atom stereocenters. The largest absolute Gasteiger partial charge is 0.509 e. The normalized spacial score (nSPS) is 10.8. The quantitative estimate of drug-likeness (QED) is 0.232. The monoisotopic (exact) mass is 502 g/mol. The van der Waals surface area contributed by atoms with Gasteiger partial charge in [0.15, 0.2) is 0 Å². The van der Waals surface area contributed by atoms with Gasteiger partial charge in [0, 0.05) is 0 Å². The maximum absolute atomic E-state index is 14.0. The zero-order valence-corrected chi connectivity index (χ0v) is 18.8. The number of rotatable bonds is 6. The molecule has 0 radical (unpaired) electrons. The van der Waals surface area contributed by atoms with Crippen molar-refractivity contribution < 1.29 is 41.8 Å². The number of hydrazine groups is 1. The number of hydrogen-bond acceptors (Lipinski definition) is 6. The number of ether oxygens (including phenoxy) is 3. The van der Waals surface area contributed by atoms with Crippen LogP contribution in [-0.2, 0) is 34.0 Å². The summed E-state index contributed by atoms with van der Waals surface area (Å²) in [6, 6.07) is 24.0. The Hall–Kier alpha value is -4.54. The molecule has 3 rings (SSSR count). The molecule has 0 fully saturated rings. The summed E-state index contributed by atoms with van der Waals surface area (Å²) in [7, 11) is 0. The molecule has 0 aliphatic heterocycles. The second-order valence-electron chi connectivity index (χ2n) is 7.21. The van der Waals surface area contributed by atoms with Crippen LogP contribution in [0.2, 0.25) is 0 Å². The maximum Gasteiger partial charge on any atom is 0.509 e. The maximum atomic E-state index is 14.0. The lowest BCUT2D eigenvalue weighted by molar-refractivity contribution is -0.277. The number of halogens is 3. The van der Waals surface area contributed by atoms with Crippen LogP contribution in [0.3, 0.4) is 0 Å². The van der Waals surface area contributed by atoms with E-state index in [1.807, 2.05) is 0 Å². The Morgan fingerprint density at radius 1 is 0.556 bits per heavy atom. The molecule has 0 unspecified atom stereocenters. The van der Waals surface area contributed by atoms with Crippen LogP contribution in [0.5, 0.6) is 0 Å². The standard InChI is InChI=1S/C25H21F3N2O6/c26-25(27,28)30(24(33)36-18-21-14-8-3-9-15-21)29(22(31)34-16-19-10-4-1-5-11-19)23(32)35-17-20-12-6-2-7-13-20/h1-15H,16-18H2. The minimum Gasteiger partial charge on any atom is -0.443 e. The minimum atomic E-state index is -5.54. The van der Waals surface area contributed by atoms with Gasteiger partial charge in [0.05, 0.1) is 0 Å². The van der Waals surface area contributed by atoms with Crippen molar-refractivity contribution in [1.82, 2.24) is 10.0 Å². The lowest BCUT2D eigenvalue weighted by Crippen LogP contribution is -2.59. The van der Waals surface area contributed by atoms with Crippen molar-refractivity contribution in [2.45, 2.75) is 26.1 Å². The summed E-state index contributed by atoms with van der Waals surface area (Å²) in [6.07, 6.45) is -11.1. The van der Waals surface area contributed by atoms with Gasteiger partial charge in [-0.3, -0.25) is 0 Å². The lowest BCUT2D eigenvalue weighted by Gasteiger charge is -2.31. The van der Waals surface area contributed by atoms with Crippen molar-refractivity contribution >= 4 is 18.3 Å². The zero-order chi connectivity index (χ0) is 26.0. The van der Waals surface area contributed by atoms with Crippen molar-refractivity contribution in [3.8, 4) is 0 Å². The molecule has 0 spiro atoms. The Bertz CT molecular complexity index is 1090. The molecular weight excluding hydrogens is 481 g/mol. The molecule has 0 bridgehead atoms. The molecule has 3 aromatic rings. The molecule has 0 aromatic heterocycles. The summed E-state index contributed by atoms with van der Waals surface area (Å²) in [5, 5.41) is -1.66. The third kappa shape index (κ3) is 7.49. The molecular formula is C25H21F3N2O6. The van der Waals surface area contributed by atoms with Gasteiger partial charge < -0.3 is 14.2 Å². The number of nitrogens with zero attached hydrogens (tertiary/aromatic N) is 2. The molecule has 3 amide bonds. The summed E-state index contributed by atoms with van der Waals surface area (Å²) < 4.78 is 56.4. The minimum absolute atomic E-state index is 0.387. The van der Waals surface area contributed by atoms with Crippen LogP contribution in [0.15, 0.2) is 91.0 Å². The van der Waals surface area contributed by atoms with E-state index >= 15 is 0 Å². The predicted octanol–water partition coefficient (Wildman–Crippen LogP) is 6.04. The van der Waals surface area contributed by atoms with Crippen molar-refractivity contribution in [2.24, 2.45) is 0 Å². The van der Waals surface area contributed by atoms with E-state index in [-0.39, 0.29) is 0 Å². The predicted molar refractivity (Wildman–Crippen MR) is 120 cm³/mol. The Balaban J connectivity index is 1.82. The average molecular weight is 502 g/mol. The molecule has 0 aliphatic carbocycles. The van der Waals surface area contributed by atoms with Gasteiger partial charge in [-0.25, -0.2) is 14.4 Å². The van der Waals surface area contributed by atoms with E-state index in [4.69, 9.17) is 14.2 Å². The molecule has 0 saturated heterocycles. The summed E-state index contributed by atoms with van der Waals surface area (Å²) in [5.41, 5.74) is 1.26. The van der Waals surface area contributed by atoms with E-state index in [2.05, 4.69) is 0 Å².